The van der Waals surface area contributed by atoms with Crippen LogP contribution in [0.3, 0.4) is 0 Å². The van der Waals surface area contributed by atoms with Crippen molar-refractivity contribution in [3.8, 4) is 0 Å². The second kappa shape index (κ2) is 10.4. The van der Waals surface area contributed by atoms with Crippen molar-refractivity contribution in [3.63, 3.8) is 0 Å². The molecule has 0 unspecified atom stereocenters. The van der Waals surface area contributed by atoms with Crippen LogP contribution >= 0.6 is 0 Å². The smallest absolute Gasteiger partial charge is 0.306 e. The van der Waals surface area contributed by atoms with Gasteiger partial charge in [0.05, 0.1) is 5.92 Å². The van der Waals surface area contributed by atoms with Crippen molar-refractivity contribution in [2.24, 2.45) is 11.8 Å². The summed E-state index contributed by atoms with van der Waals surface area (Å²) in [5.41, 5.74) is 3.43. The zero-order valence-corrected chi connectivity index (χ0v) is 18.2. The predicted octanol–water partition coefficient (Wildman–Crippen LogP) is 3.98. The summed E-state index contributed by atoms with van der Waals surface area (Å²) in [6.45, 7) is 4.97. The molecule has 2 aromatic rings. The monoisotopic (exact) mass is 421 g/mol. The van der Waals surface area contributed by atoms with E-state index < -0.39 is 5.97 Å². The Morgan fingerprint density at radius 2 is 1.61 bits per heavy atom. The van der Waals surface area contributed by atoms with Crippen molar-refractivity contribution in [2.75, 3.05) is 0 Å². The molecule has 1 aliphatic rings. The topological polar surface area (TPSA) is 102 Å². The summed E-state index contributed by atoms with van der Waals surface area (Å²) < 4.78 is 0. The molecule has 0 heterocycles. The van der Waals surface area contributed by atoms with Crippen LogP contribution in [0.1, 0.15) is 60.2 Å². The van der Waals surface area contributed by atoms with Gasteiger partial charge in [0.15, 0.2) is 0 Å². The lowest BCUT2D eigenvalue weighted by molar-refractivity contribution is -0.141. The van der Waals surface area contributed by atoms with Gasteiger partial charge < -0.3 is 15.7 Å². The van der Waals surface area contributed by atoms with Crippen LogP contribution in [-0.2, 0) is 17.8 Å². The molecule has 0 radical (unpaired) electrons. The first-order chi connectivity index (χ1) is 14.8. The van der Waals surface area contributed by atoms with Crippen molar-refractivity contribution < 1.29 is 14.7 Å². The number of nitrogens with one attached hydrogen (secondary N) is 3. The third-order valence-electron chi connectivity index (χ3n) is 5.72. The van der Waals surface area contributed by atoms with Crippen LogP contribution in [0.25, 0.3) is 0 Å². The lowest BCUT2D eigenvalue weighted by atomic mass is 10.0. The van der Waals surface area contributed by atoms with Crippen LogP contribution in [0.5, 0.6) is 0 Å². The molecule has 0 saturated heterocycles. The molecule has 0 bridgehead atoms. The van der Waals surface area contributed by atoms with Crippen LogP contribution in [0.15, 0.2) is 48.5 Å². The molecule has 1 amide bonds. The fourth-order valence-corrected chi connectivity index (χ4v) is 3.96. The van der Waals surface area contributed by atoms with Gasteiger partial charge in [0.25, 0.3) is 5.91 Å². The van der Waals surface area contributed by atoms with Gasteiger partial charge in [-0.3, -0.25) is 15.0 Å². The standard InChI is InChI=1S/C25H31N3O3/c1-16(2)13-17-3-9-20(10-4-17)24(29)28-23(26)19-7-5-18(6-8-19)15-27-22-12-11-21(14-22)25(30)31/h3-10,16,21-22,27H,11-15H2,1-2H3,(H,30,31)(H2,26,28,29)/t21-,22-/m1/s1. The minimum absolute atomic E-state index is 0.0656. The summed E-state index contributed by atoms with van der Waals surface area (Å²) in [5.74, 6) is -0.612. The SMILES string of the molecule is CC(C)Cc1ccc(C(=O)NC(=N)c2ccc(CN[C@@H]3CC[C@@H](C(=O)O)C3)cc2)cc1. The number of amidine groups is 1. The van der Waals surface area contributed by atoms with Crippen LogP contribution in [-0.4, -0.2) is 28.9 Å². The Balaban J connectivity index is 1.49. The van der Waals surface area contributed by atoms with Crippen molar-refractivity contribution in [1.82, 2.24) is 10.6 Å². The Bertz CT molecular complexity index is 920. The first kappa shape index (κ1) is 22.7. The maximum atomic E-state index is 12.4. The summed E-state index contributed by atoms with van der Waals surface area (Å²) in [7, 11) is 0. The molecule has 2 atom stereocenters. The van der Waals surface area contributed by atoms with Crippen LogP contribution in [0.2, 0.25) is 0 Å². The van der Waals surface area contributed by atoms with Crippen molar-refractivity contribution in [1.29, 1.82) is 5.41 Å². The molecule has 31 heavy (non-hydrogen) atoms. The summed E-state index contributed by atoms with van der Waals surface area (Å²) in [5, 5.41) is 23.4. The minimum atomic E-state index is -0.708. The lowest BCUT2D eigenvalue weighted by Crippen LogP contribution is -2.30. The molecule has 164 valence electrons. The highest BCUT2D eigenvalue weighted by Gasteiger charge is 2.29. The molecule has 1 saturated carbocycles. The van der Waals surface area contributed by atoms with Gasteiger partial charge in [-0.15, -0.1) is 0 Å². The molecule has 1 aliphatic carbocycles. The van der Waals surface area contributed by atoms with E-state index in [2.05, 4.69) is 24.5 Å². The number of benzene rings is 2. The summed E-state index contributed by atoms with van der Waals surface area (Å²) in [4.78, 5) is 23.5. The third-order valence-corrected chi connectivity index (χ3v) is 5.72. The quantitative estimate of drug-likeness (QED) is 0.382. The van der Waals surface area contributed by atoms with Crippen LogP contribution < -0.4 is 10.6 Å². The van der Waals surface area contributed by atoms with E-state index in [0.29, 0.717) is 30.0 Å². The highest BCUT2D eigenvalue weighted by atomic mass is 16.4. The first-order valence-corrected chi connectivity index (χ1v) is 10.9. The Labute approximate surface area is 183 Å². The summed E-state index contributed by atoms with van der Waals surface area (Å²) in [6, 6.07) is 15.2. The van der Waals surface area contributed by atoms with Gasteiger partial charge in [-0.2, -0.15) is 0 Å². The second-order valence-electron chi connectivity index (χ2n) is 8.75. The Kier molecular flexibility index (Phi) is 7.58. The molecule has 6 heteroatoms. The van der Waals surface area contributed by atoms with E-state index >= 15 is 0 Å². The van der Waals surface area contributed by atoms with E-state index in [1.165, 1.54) is 5.56 Å². The van der Waals surface area contributed by atoms with Crippen molar-refractivity contribution in [3.05, 3.63) is 70.8 Å². The molecule has 0 spiro atoms. The largest absolute Gasteiger partial charge is 0.481 e. The van der Waals surface area contributed by atoms with E-state index in [-0.39, 0.29) is 23.7 Å². The average Bonchev–Trinajstić information content (AvgIpc) is 3.22. The number of hydrogen-bond acceptors (Lipinski definition) is 4. The van der Waals surface area contributed by atoms with Crippen molar-refractivity contribution >= 4 is 17.7 Å². The van der Waals surface area contributed by atoms with E-state index in [0.717, 1.165) is 24.8 Å². The normalized spacial score (nSPS) is 18.2. The Morgan fingerprint density at radius 1 is 1.00 bits per heavy atom. The summed E-state index contributed by atoms with van der Waals surface area (Å²) in [6.07, 6.45) is 3.25. The first-order valence-electron chi connectivity index (χ1n) is 10.9. The van der Waals surface area contributed by atoms with E-state index in [4.69, 9.17) is 10.5 Å². The van der Waals surface area contributed by atoms with E-state index in [1.807, 2.05) is 36.4 Å². The lowest BCUT2D eigenvalue weighted by Gasteiger charge is -2.13. The Hall–Kier alpha value is -2.99. The number of amides is 1. The van der Waals surface area contributed by atoms with Crippen LogP contribution in [0.4, 0.5) is 0 Å². The fourth-order valence-electron chi connectivity index (χ4n) is 3.96. The van der Waals surface area contributed by atoms with Gasteiger partial charge >= 0.3 is 5.97 Å². The highest BCUT2D eigenvalue weighted by molar-refractivity contribution is 6.11. The maximum Gasteiger partial charge on any atom is 0.306 e. The average molecular weight is 422 g/mol. The summed E-state index contributed by atoms with van der Waals surface area (Å²) >= 11 is 0. The molecule has 3 rings (SSSR count). The molecule has 6 nitrogen and oxygen atoms in total. The van der Waals surface area contributed by atoms with Gasteiger partial charge in [-0.05, 0) is 54.9 Å². The Morgan fingerprint density at radius 3 is 2.19 bits per heavy atom. The highest BCUT2D eigenvalue weighted by Crippen LogP contribution is 2.25. The molecule has 1 fully saturated rings. The van der Waals surface area contributed by atoms with Crippen molar-refractivity contribution in [2.45, 2.75) is 52.1 Å². The fraction of sp³-hybridized carbons (Fsp3) is 0.400. The van der Waals surface area contributed by atoms with Gasteiger partial charge in [-0.1, -0.05) is 50.2 Å². The van der Waals surface area contributed by atoms with Gasteiger partial charge in [0.1, 0.15) is 5.84 Å². The number of rotatable bonds is 8. The molecule has 2 aromatic carbocycles. The van der Waals surface area contributed by atoms with Gasteiger partial charge in [0, 0.05) is 23.7 Å². The minimum Gasteiger partial charge on any atom is -0.481 e. The number of carbonyl (C=O) groups is 2. The number of carboxylic acid groups (broad SMARTS) is 1. The zero-order chi connectivity index (χ0) is 22.4. The molecule has 4 N–H and O–H groups in total. The molecular formula is C25H31N3O3. The van der Waals surface area contributed by atoms with Gasteiger partial charge in [-0.25, -0.2) is 0 Å². The van der Waals surface area contributed by atoms with Crippen LogP contribution in [0, 0.1) is 17.2 Å². The molecular weight excluding hydrogens is 390 g/mol. The number of aliphatic carboxylic acids is 1. The predicted molar refractivity (Wildman–Crippen MR) is 121 cm³/mol. The zero-order valence-electron chi connectivity index (χ0n) is 18.2. The number of carboxylic acids is 1. The maximum absolute atomic E-state index is 12.4. The molecule has 0 aromatic heterocycles. The number of carbonyl (C=O) groups excluding carboxylic acids is 1. The van der Waals surface area contributed by atoms with E-state index in [9.17, 15) is 9.59 Å². The van der Waals surface area contributed by atoms with E-state index in [1.54, 1.807) is 12.1 Å². The second-order valence-corrected chi connectivity index (χ2v) is 8.75. The van der Waals surface area contributed by atoms with Gasteiger partial charge in [0.2, 0.25) is 0 Å². The molecule has 0 aliphatic heterocycles. The number of hydrogen-bond donors (Lipinski definition) is 4. The third kappa shape index (κ3) is 6.49.